The molecule has 2 aromatic carbocycles. The largest absolute Gasteiger partial charge is 0.496 e. The summed E-state index contributed by atoms with van der Waals surface area (Å²) in [6.45, 7) is 0. The quantitative estimate of drug-likeness (QED) is 0.754. The van der Waals surface area contributed by atoms with E-state index in [1.165, 1.54) is 36.0 Å². The zero-order valence-electron chi connectivity index (χ0n) is 11.9. The highest BCUT2D eigenvalue weighted by Gasteiger charge is 2.23. The van der Waals surface area contributed by atoms with Crippen molar-refractivity contribution in [3.63, 3.8) is 0 Å². The van der Waals surface area contributed by atoms with Crippen molar-refractivity contribution in [2.75, 3.05) is 7.11 Å². The lowest BCUT2D eigenvalue weighted by molar-refractivity contribution is 0.407. The fraction of sp³-hybridized carbons (Fsp3) is 0.263. The minimum absolute atomic E-state index is 0.447. The maximum Gasteiger partial charge on any atom is 0.122 e. The molecule has 1 aliphatic carbocycles. The maximum atomic E-state index is 5.56. The number of hydrogen-bond acceptors (Lipinski definition) is 1. The number of ether oxygens (including phenoxy) is 1. The van der Waals surface area contributed by atoms with Crippen LogP contribution < -0.4 is 4.74 Å². The molecule has 1 unspecified atom stereocenters. The predicted molar refractivity (Wildman–Crippen MR) is 84.0 cm³/mol. The van der Waals surface area contributed by atoms with Crippen molar-refractivity contribution in [3.05, 3.63) is 71.8 Å². The molecule has 0 saturated carbocycles. The molecule has 0 fully saturated rings. The Hall–Kier alpha value is -2.02. The van der Waals surface area contributed by atoms with E-state index in [-0.39, 0.29) is 0 Å². The van der Waals surface area contributed by atoms with Crippen molar-refractivity contribution < 1.29 is 4.74 Å². The monoisotopic (exact) mass is 264 g/mol. The van der Waals surface area contributed by atoms with Crippen LogP contribution in [0, 0.1) is 0 Å². The van der Waals surface area contributed by atoms with E-state index in [1.54, 1.807) is 7.11 Å². The summed E-state index contributed by atoms with van der Waals surface area (Å²) in [5, 5.41) is 0. The molecule has 0 amide bonds. The second-order valence-corrected chi connectivity index (χ2v) is 5.25. The highest BCUT2D eigenvalue weighted by molar-refractivity contribution is 5.73. The summed E-state index contributed by atoms with van der Waals surface area (Å²) in [4.78, 5) is 0. The van der Waals surface area contributed by atoms with Gasteiger partial charge >= 0.3 is 0 Å². The number of hydrogen-bond donors (Lipinski definition) is 0. The molecule has 0 bridgehead atoms. The van der Waals surface area contributed by atoms with E-state index in [0.717, 1.165) is 5.75 Å². The molecule has 0 aliphatic heterocycles. The van der Waals surface area contributed by atoms with E-state index >= 15 is 0 Å². The minimum Gasteiger partial charge on any atom is -0.496 e. The third-order valence-corrected chi connectivity index (χ3v) is 4.06. The molecule has 1 atom stereocenters. The normalized spacial score (nSPS) is 18.4. The molecule has 3 rings (SSSR count). The first-order chi connectivity index (χ1) is 9.90. The van der Waals surface area contributed by atoms with Crippen LogP contribution in [-0.4, -0.2) is 7.11 Å². The summed E-state index contributed by atoms with van der Waals surface area (Å²) in [7, 11) is 1.76. The Morgan fingerprint density at radius 3 is 2.50 bits per heavy atom. The standard InChI is InChI=1S/C19H20O/c1-20-19-14-8-7-13-18(19)17-12-6-5-11-16(17)15-9-3-2-4-10-15/h2-4,7-11,13-14,17H,5-6,12H2,1H3. The molecule has 0 radical (unpaired) electrons. The summed E-state index contributed by atoms with van der Waals surface area (Å²) in [5.41, 5.74) is 4.09. The molecule has 0 heterocycles. The molecule has 102 valence electrons. The molecule has 0 spiro atoms. The van der Waals surface area contributed by atoms with Crippen LogP contribution in [0.4, 0.5) is 0 Å². The van der Waals surface area contributed by atoms with Crippen LogP contribution in [-0.2, 0) is 0 Å². The average molecular weight is 264 g/mol. The molecule has 2 aromatic rings. The van der Waals surface area contributed by atoms with Gasteiger partial charge < -0.3 is 4.74 Å². The van der Waals surface area contributed by atoms with Gasteiger partial charge in [0.25, 0.3) is 0 Å². The summed E-state index contributed by atoms with van der Waals surface area (Å²) in [5.74, 6) is 1.45. The summed E-state index contributed by atoms with van der Waals surface area (Å²) in [6, 6.07) is 19.1. The molecule has 1 aliphatic rings. The Bertz CT molecular complexity index is 598. The smallest absolute Gasteiger partial charge is 0.122 e. The van der Waals surface area contributed by atoms with Crippen LogP contribution in [0.1, 0.15) is 36.3 Å². The molecule has 1 nitrogen and oxygen atoms in total. The lowest BCUT2D eigenvalue weighted by atomic mass is 9.79. The number of allylic oxidation sites excluding steroid dienone is 2. The van der Waals surface area contributed by atoms with Gasteiger partial charge in [-0.3, -0.25) is 0 Å². The van der Waals surface area contributed by atoms with Gasteiger partial charge in [-0.1, -0.05) is 54.6 Å². The van der Waals surface area contributed by atoms with Crippen LogP contribution in [0.2, 0.25) is 0 Å². The van der Waals surface area contributed by atoms with E-state index in [1.807, 2.05) is 6.07 Å². The highest BCUT2D eigenvalue weighted by atomic mass is 16.5. The Morgan fingerprint density at radius 1 is 0.950 bits per heavy atom. The third-order valence-electron chi connectivity index (χ3n) is 4.06. The molecular formula is C19H20O. The zero-order chi connectivity index (χ0) is 13.8. The Morgan fingerprint density at radius 2 is 1.70 bits per heavy atom. The van der Waals surface area contributed by atoms with Gasteiger partial charge in [0.05, 0.1) is 7.11 Å². The molecular weight excluding hydrogens is 244 g/mol. The van der Waals surface area contributed by atoms with Crippen LogP contribution in [0.3, 0.4) is 0 Å². The van der Waals surface area contributed by atoms with Gasteiger partial charge in [0.1, 0.15) is 5.75 Å². The van der Waals surface area contributed by atoms with Crippen molar-refractivity contribution in [2.45, 2.75) is 25.2 Å². The first-order valence-corrected chi connectivity index (χ1v) is 7.28. The second-order valence-electron chi connectivity index (χ2n) is 5.25. The molecule has 0 aromatic heterocycles. The van der Waals surface area contributed by atoms with Crippen LogP contribution in [0.25, 0.3) is 5.57 Å². The van der Waals surface area contributed by atoms with Crippen LogP contribution >= 0.6 is 0 Å². The van der Waals surface area contributed by atoms with Crippen LogP contribution in [0.15, 0.2) is 60.7 Å². The summed E-state index contributed by atoms with van der Waals surface area (Å²) in [6.07, 6.45) is 6.02. The van der Waals surface area contributed by atoms with Gasteiger partial charge in [-0.2, -0.15) is 0 Å². The van der Waals surface area contributed by atoms with Crippen molar-refractivity contribution >= 4 is 5.57 Å². The van der Waals surface area contributed by atoms with Crippen molar-refractivity contribution in [2.24, 2.45) is 0 Å². The highest BCUT2D eigenvalue weighted by Crippen LogP contribution is 2.42. The third kappa shape index (κ3) is 2.49. The average Bonchev–Trinajstić information content (AvgIpc) is 2.55. The minimum atomic E-state index is 0.447. The number of rotatable bonds is 3. The molecule has 20 heavy (non-hydrogen) atoms. The predicted octanol–water partition coefficient (Wildman–Crippen LogP) is 5.05. The molecule has 1 heteroatoms. The fourth-order valence-electron chi connectivity index (χ4n) is 3.10. The lowest BCUT2D eigenvalue weighted by Crippen LogP contribution is -2.08. The van der Waals surface area contributed by atoms with E-state index in [2.05, 4.69) is 54.6 Å². The van der Waals surface area contributed by atoms with Gasteiger partial charge in [-0.15, -0.1) is 0 Å². The van der Waals surface area contributed by atoms with E-state index in [0.29, 0.717) is 5.92 Å². The molecule has 0 N–H and O–H groups in total. The molecule has 0 saturated heterocycles. The van der Waals surface area contributed by atoms with E-state index in [4.69, 9.17) is 4.74 Å². The van der Waals surface area contributed by atoms with Gasteiger partial charge in [0, 0.05) is 11.5 Å². The second kappa shape index (κ2) is 5.96. The van der Waals surface area contributed by atoms with Crippen molar-refractivity contribution in [1.82, 2.24) is 0 Å². The Labute approximate surface area is 120 Å². The SMILES string of the molecule is COc1ccccc1C1CCCC=C1c1ccccc1. The lowest BCUT2D eigenvalue weighted by Gasteiger charge is -2.26. The summed E-state index contributed by atoms with van der Waals surface area (Å²) < 4.78 is 5.56. The first-order valence-electron chi connectivity index (χ1n) is 7.28. The van der Waals surface area contributed by atoms with Crippen molar-refractivity contribution in [3.8, 4) is 5.75 Å². The van der Waals surface area contributed by atoms with Crippen LogP contribution in [0.5, 0.6) is 5.75 Å². The van der Waals surface area contributed by atoms with E-state index in [9.17, 15) is 0 Å². The Balaban J connectivity index is 2.03. The fourth-order valence-corrected chi connectivity index (χ4v) is 3.10. The first kappa shape index (κ1) is 13.0. The number of benzene rings is 2. The van der Waals surface area contributed by atoms with Gasteiger partial charge in [0.15, 0.2) is 0 Å². The van der Waals surface area contributed by atoms with Gasteiger partial charge in [-0.05, 0) is 36.5 Å². The Kier molecular flexibility index (Phi) is 3.87. The van der Waals surface area contributed by atoms with Crippen molar-refractivity contribution in [1.29, 1.82) is 0 Å². The topological polar surface area (TPSA) is 9.23 Å². The zero-order valence-corrected chi connectivity index (χ0v) is 11.9. The number of para-hydroxylation sites is 1. The van der Waals surface area contributed by atoms with Gasteiger partial charge in [-0.25, -0.2) is 0 Å². The van der Waals surface area contributed by atoms with E-state index < -0.39 is 0 Å². The maximum absolute atomic E-state index is 5.56. The number of methoxy groups -OCH3 is 1. The van der Waals surface area contributed by atoms with Gasteiger partial charge in [0.2, 0.25) is 0 Å². The summed E-state index contributed by atoms with van der Waals surface area (Å²) >= 11 is 0.